The maximum atomic E-state index is 14.9. The summed E-state index contributed by atoms with van der Waals surface area (Å²) < 4.78 is 127. The molecule has 0 unspecified atom stereocenters. The molecule has 0 bridgehead atoms. The Labute approximate surface area is 424 Å². The quantitative estimate of drug-likeness (QED) is 0.0437. The first-order valence-electron chi connectivity index (χ1n) is 22.3. The zero-order chi connectivity index (χ0) is 50.5. The summed E-state index contributed by atoms with van der Waals surface area (Å²) in [5, 5.41) is 2.39. The molecule has 0 fully saturated rings. The summed E-state index contributed by atoms with van der Waals surface area (Å²) in [5.41, 5.74) is -3.27. The van der Waals surface area contributed by atoms with E-state index in [4.69, 9.17) is 47.8 Å². The second kappa shape index (κ2) is 20.2. The fraction of sp³-hybridized carbons (Fsp3) is 0.0357. The molecule has 0 heterocycles. The third-order valence-electron chi connectivity index (χ3n) is 12.0. The van der Waals surface area contributed by atoms with Gasteiger partial charge in [0.05, 0.1) is 0 Å². The molecule has 9 rings (SSSR count). The van der Waals surface area contributed by atoms with E-state index in [9.17, 15) is 26.3 Å². The van der Waals surface area contributed by atoms with E-state index in [-0.39, 0.29) is 17.6 Å². The fourth-order valence-electron chi connectivity index (χ4n) is 8.75. The summed E-state index contributed by atoms with van der Waals surface area (Å²) in [7, 11) is -13.3. The van der Waals surface area contributed by atoms with E-state index in [0.717, 1.165) is 0 Å². The van der Waals surface area contributed by atoms with E-state index in [1.165, 1.54) is 0 Å². The second-order valence-electron chi connectivity index (χ2n) is 16.4. The van der Waals surface area contributed by atoms with Crippen LogP contribution >= 0.6 is 39.4 Å². The van der Waals surface area contributed by atoms with Crippen molar-refractivity contribution in [3.05, 3.63) is 260 Å². The molecule has 0 spiro atoms. The van der Waals surface area contributed by atoms with Crippen LogP contribution < -0.4 is 45.5 Å². The van der Waals surface area contributed by atoms with Crippen LogP contribution in [0.4, 0.5) is 26.3 Å². The van der Waals surface area contributed by atoms with E-state index in [1.54, 1.807) is 231 Å². The summed E-state index contributed by atoms with van der Waals surface area (Å²) >= 11 is 9.73. The molecule has 0 aliphatic carbocycles. The van der Waals surface area contributed by atoms with Crippen molar-refractivity contribution >= 4 is 78.5 Å². The van der Waals surface area contributed by atoms with E-state index < -0.39 is 50.7 Å². The number of alkyl halides is 6. The molecule has 0 aliphatic rings. The summed E-state index contributed by atoms with van der Waals surface area (Å²) in [4.78, 5) is 0.741. The molecule has 9 aromatic rings. The van der Waals surface area contributed by atoms with E-state index in [1.807, 2.05) is 0 Å². The Morgan fingerprint density at radius 2 is 0.583 bits per heavy atom. The van der Waals surface area contributed by atoms with Gasteiger partial charge >= 0.3 is 427 Å². The van der Waals surface area contributed by atoms with Gasteiger partial charge in [-0.3, -0.25) is 0 Å². The Morgan fingerprint density at radius 3 is 0.833 bits per heavy atom. The second-order valence-corrected chi connectivity index (χ2v) is 25.1. The van der Waals surface area contributed by atoms with Crippen LogP contribution in [0.2, 0.25) is 0 Å². The molecule has 0 amide bonds. The van der Waals surface area contributed by atoms with Gasteiger partial charge in [0.1, 0.15) is 0 Å². The number of para-hydroxylation sites is 2. The van der Waals surface area contributed by atoms with Gasteiger partial charge in [-0.2, -0.15) is 0 Å². The summed E-state index contributed by atoms with van der Waals surface area (Å²) in [6.45, 7) is 0. The van der Waals surface area contributed by atoms with Crippen LogP contribution in [0.15, 0.2) is 259 Å². The van der Waals surface area contributed by atoms with E-state index >= 15 is 0 Å². The van der Waals surface area contributed by atoms with E-state index in [0.29, 0.717) is 53.8 Å². The molecule has 0 radical (unpaired) electrons. The van der Waals surface area contributed by atoms with Gasteiger partial charge < -0.3 is 0 Å². The third-order valence-corrected chi connectivity index (χ3v) is 22.4. The molecule has 16 heteroatoms. The number of halogens is 6. The van der Waals surface area contributed by atoms with Crippen molar-refractivity contribution in [2.24, 2.45) is 0 Å². The van der Waals surface area contributed by atoms with Crippen molar-refractivity contribution < 1.29 is 48.9 Å². The summed E-state index contributed by atoms with van der Waals surface area (Å²) in [5.74, 6) is -0.485. The van der Waals surface area contributed by atoms with Crippen molar-refractivity contribution in [1.82, 2.24) is 0 Å². The Kier molecular flexibility index (Phi) is 14.1. The molecule has 364 valence electrons. The standard InChI is InChI=1S/C56H43BF6O5P2S2/c58-55(59,60)42-39-43(56(61,62)63)41-44(40-42)64-57(67-69(45-23-7-1-8-24-45,46-25-9-2-10-26-46,47-27-11-3-12-28-47)65-51-35-19-21-37-53(51)71)68-70(48-29-13-4-14-30-48,49-31-15-5-16-32-49,50-33-17-6-18-34-50)66-52-36-20-22-38-54(52)72/h1-41,71-72H. The number of hydrogen-bond acceptors (Lipinski definition) is 7. The first kappa shape index (κ1) is 50.4. The van der Waals surface area contributed by atoms with Crippen molar-refractivity contribution in [3.63, 3.8) is 0 Å². The SMILES string of the molecule is FC(F)(F)c1cc(OB(OP(Oc2ccccc2S)(c2ccccc2)(c2ccccc2)c2ccccc2)OP(Oc2ccccc2S)(c2ccccc2)(c2ccccc2)c2ccccc2)cc(C(F)(F)F)c1. The molecule has 5 nitrogen and oxygen atoms in total. The van der Waals surface area contributed by atoms with Gasteiger partial charge in [-0.15, -0.1) is 0 Å². The summed E-state index contributed by atoms with van der Waals surface area (Å²) in [6.07, 6.45) is -10.5. The van der Waals surface area contributed by atoms with Crippen LogP contribution in [0.5, 0.6) is 17.2 Å². The minimum atomic E-state index is -5.46. The van der Waals surface area contributed by atoms with Gasteiger partial charge in [0.2, 0.25) is 0 Å². The Hall–Kier alpha value is -6.50. The molecule has 0 aliphatic heterocycles. The molecule has 0 atom stereocenters. The van der Waals surface area contributed by atoms with Crippen LogP contribution in [-0.2, 0) is 21.2 Å². The average Bonchev–Trinajstić information content (AvgIpc) is 3.40. The third kappa shape index (κ3) is 9.28. The van der Waals surface area contributed by atoms with Crippen LogP contribution in [0.1, 0.15) is 11.1 Å². The molecule has 72 heavy (non-hydrogen) atoms. The zero-order valence-corrected chi connectivity index (χ0v) is 41.4. The Bertz CT molecular complexity index is 2860. The zero-order valence-electron chi connectivity index (χ0n) is 37.8. The van der Waals surface area contributed by atoms with Crippen molar-refractivity contribution in [2.45, 2.75) is 22.1 Å². The molecular weight excluding hydrogens is 1000 g/mol. The topological polar surface area (TPSA) is 46.2 Å². The first-order chi connectivity index (χ1) is 34.6. The van der Waals surface area contributed by atoms with Crippen molar-refractivity contribution in [3.8, 4) is 17.2 Å². The predicted octanol–water partition coefficient (Wildman–Crippen LogP) is 13.6. The predicted molar refractivity (Wildman–Crippen MR) is 284 cm³/mol. The monoisotopic (exact) mass is 1050 g/mol. The van der Waals surface area contributed by atoms with Crippen LogP contribution in [-0.4, -0.2) is 7.32 Å². The van der Waals surface area contributed by atoms with Gasteiger partial charge in [-0.05, 0) is 0 Å². The fourth-order valence-corrected chi connectivity index (χ4v) is 18.8. The van der Waals surface area contributed by atoms with Gasteiger partial charge in [0.15, 0.2) is 0 Å². The molecular formula is C56H43BF6O5P2S2. The van der Waals surface area contributed by atoms with Gasteiger partial charge in [-0.25, -0.2) is 0 Å². The average molecular weight is 1050 g/mol. The van der Waals surface area contributed by atoms with Crippen LogP contribution in [0.3, 0.4) is 0 Å². The molecule has 0 saturated heterocycles. The van der Waals surface area contributed by atoms with Crippen molar-refractivity contribution in [2.75, 3.05) is 0 Å². The first-order valence-corrected chi connectivity index (χ1v) is 27.4. The number of thiol groups is 2. The van der Waals surface area contributed by atoms with Gasteiger partial charge in [-0.1, -0.05) is 0 Å². The number of rotatable bonds is 16. The Balaban J connectivity index is 1.49. The Morgan fingerprint density at radius 1 is 0.333 bits per heavy atom. The van der Waals surface area contributed by atoms with Crippen LogP contribution in [0, 0.1) is 0 Å². The minimum absolute atomic E-state index is 0.0267. The molecule has 0 N–H and O–H groups in total. The maximum absolute atomic E-state index is 14.9. The number of benzene rings is 9. The van der Waals surface area contributed by atoms with Gasteiger partial charge in [0, 0.05) is 0 Å². The molecule has 0 aromatic heterocycles. The van der Waals surface area contributed by atoms with Crippen molar-refractivity contribution in [1.29, 1.82) is 0 Å². The normalized spacial score (nSPS) is 13.2. The van der Waals surface area contributed by atoms with E-state index in [2.05, 4.69) is 0 Å². The summed E-state index contributed by atoms with van der Waals surface area (Å²) in [6, 6.07) is 68.1. The number of hydrogen-bond donors (Lipinski definition) is 2. The van der Waals surface area contributed by atoms with Gasteiger partial charge in [0.25, 0.3) is 0 Å². The van der Waals surface area contributed by atoms with Crippen LogP contribution in [0.25, 0.3) is 0 Å². The molecule has 0 saturated carbocycles. The molecule has 9 aromatic carbocycles.